The normalized spacial score (nSPS) is 18.4. The molecular formula is C32H41N3O4. The zero-order valence-electron chi connectivity index (χ0n) is 23.7. The van der Waals surface area contributed by atoms with Crippen LogP contribution in [-0.4, -0.2) is 73.8 Å². The van der Waals surface area contributed by atoms with Crippen molar-refractivity contribution in [2.24, 2.45) is 5.92 Å². The Morgan fingerprint density at radius 2 is 1.72 bits per heavy atom. The summed E-state index contributed by atoms with van der Waals surface area (Å²) < 4.78 is 12.6. The molecule has 0 bridgehead atoms. The molecule has 0 unspecified atom stereocenters. The van der Waals surface area contributed by atoms with E-state index in [2.05, 4.69) is 31.0 Å². The van der Waals surface area contributed by atoms with Crippen molar-refractivity contribution in [3.63, 3.8) is 0 Å². The van der Waals surface area contributed by atoms with Gasteiger partial charge in [-0.25, -0.2) is 0 Å². The van der Waals surface area contributed by atoms with E-state index < -0.39 is 0 Å². The summed E-state index contributed by atoms with van der Waals surface area (Å²) in [6, 6.07) is 23.7. The molecule has 1 aliphatic heterocycles. The lowest BCUT2D eigenvalue weighted by atomic mass is 10.0. The van der Waals surface area contributed by atoms with E-state index in [9.17, 15) is 9.90 Å². The maximum Gasteiger partial charge on any atom is 0.227 e. The number of fused-ring (bicyclic) bond motifs is 1. The van der Waals surface area contributed by atoms with Gasteiger partial charge in [0.1, 0.15) is 23.4 Å². The molecule has 7 nitrogen and oxygen atoms in total. The summed E-state index contributed by atoms with van der Waals surface area (Å²) in [5.41, 5.74) is 3.07. The predicted molar refractivity (Wildman–Crippen MR) is 156 cm³/mol. The van der Waals surface area contributed by atoms with Crippen LogP contribution >= 0.6 is 0 Å². The minimum Gasteiger partial charge on any atom is -0.488 e. The first-order valence-electron chi connectivity index (χ1n) is 13.6. The van der Waals surface area contributed by atoms with Crippen LogP contribution < -0.4 is 14.4 Å². The van der Waals surface area contributed by atoms with Crippen molar-refractivity contribution in [1.29, 1.82) is 0 Å². The van der Waals surface area contributed by atoms with Crippen LogP contribution in [0.25, 0.3) is 0 Å². The number of aliphatic hydroxyl groups excluding tert-OH is 1. The Bertz CT molecular complexity index is 1220. The predicted octanol–water partition coefficient (Wildman–Crippen LogP) is 4.83. The van der Waals surface area contributed by atoms with Gasteiger partial charge in [0.25, 0.3) is 0 Å². The second kappa shape index (κ2) is 13.0. The van der Waals surface area contributed by atoms with Gasteiger partial charge in [0.05, 0.1) is 19.1 Å². The van der Waals surface area contributed by atoms with E-state index in [0.717, 1.165) is 35.0 Å². The maximum absolute atomic E-state index is 13.3. The molecule has 0 aromatic heterocycles. The first-order valence-corrected chi connectivity index (χ1v) is 13.6. The number of nitrogens with zero attached hydrogens (tertiary/aromatic N) is 3. The van der Waals surface area contributed by atoms with Gasteiger partial charge in [-0.3, -0.25) is 9.69 Å². The van der Waals surface area contributed by atoms with Gasteiger partial charge in [-0.1, -0.05) is 37.3 Å². The van der Waals surface area contributed by atoms with E-state index in [1.807, 2.05) is 91.5 Å². The molecule has 0 fully saturated rings. The highest BCUT2D eigenvalue weighted by atomic mass is 16.5. The Morgan fingerprint density at radius 3 is 2.38 bits per heavy atom. The van der Waals surface area contributed by atoms with Crippen molar-refractivity contribution < 1.29 is 19.4 Å². The van der Waals surface area contributed by atoms with E-state index in [1.165, 1.54) is 5.56 Å². The first-order chi connectivity index (χ1) is 18.7. The molecule has 0 aliphatic carbocycles. The summed E-state index contributed by atoms with van der Waals surface area (Å²) in [4.78, 5) is 19.4. The molecule has 0 saturated heterocycles. The van der Waals surface area contributed by atoms with Crippen LogP contribution in [0.5, 0.6) is 17.2 Å². The van der Waals surface area contributed by atoms with Gasteiger partial charge in [-0.15, -0.1) is 0 Å². The van der Waals surface area contributed by atoms with Gasteiger partial charge >= 0.3 is 0 Å². The average molecular weight is 532 g/mol. The number of likely N-dealkylation sites (N-methyl/N-ethyl adjacent to an activating group) is 1. The molecular weight excluding hydrogens is 490 g/mol. The van der Waals surface area contributed by atoms with E-state index in [4.69, 9.17) is 9.47 Å². The molecule has 0 radical (unpaired) electrons. The largest absolute Gasteiger partial charge is 0.488 e. The van der Waals surface area contributed by atoms with Crippen molar-refractivity contribution in [3.8, 4) is 17.2 Å². The lowest BCUT2D eigenvalue weighted by Gasteiger charge is -2.34. The fourth-order valence-corrected chi connectivity index (χ4v) is 4.88. The van der Waals surface area contributed by atoms with Gasteiger partial charge in [0, 0.05) is 50.9 Å². The van der Waals surface area contributed by atoms with Crippen molar-refractivity contribution in [2.75, 3.05) is 45.7 Å². The quantitative estimate of drug-likeness (QED) is 0.427. The van der Waals surface area contributed by atoms with Crippen LogP contribution in [0.2, 0.25) is 0 Å². The maximum atomic E-state index is 13.3. The molecule has 4 rings (SSSR count). The number of amides is 1. The Morgan fingerprint density at radius 1 is 1.03 bits per heavy atom. The summed E-state index contributed by atoms with van der Waals surface area (Å²) in [6.45, 7) is 5.91. The minimum absolute atomic E-state index is 0.0102. The summed E-state index contributed by atoms with van der Waals surface area (Å²) >= 11 is 0. The zero-order chi connectivity index (χ0) is 27.9. The van der Waals surface area contributed by atoms with E-state index in [0.29, 0.717) is 13.1 Å². The van der Waals surface area contributed by atoms with Crippen LogP contribution in [0.15, 0.2) is 72.8 Å². The highest BCUT2D eigenvalue weighted by Gasteiger charge is 2.31. The molecule has 0 spiro atoms. The number of carbonyl (C=O) groups excluding carboxylic acids is 1. The lowest BCUT2D eigenvalue weighted by molar-refractivity contribution is -0.134. The van der Waals surface area contributed by atoms with Gasteiger partial charge in [-0.05, 0) is 62.0 Å². The fraction of sp³-hybridized carbons (Fsp3) is 0.406. The van der Waals surface area contributed by atoms with E-state index in [1.54, 1.807) is 0 Å². The number of carbonyl (C=O) groups is 1. The number of ether oxygens (including phenoxy) is 2. The summed E-state index contributed by atoms with van der Waals surface area (Å²) in [5, 5.41) is 9.86. The second-order valence-corrected chi connectivity index (χ2v) is 10.8. The highest BCUT2D eigenvalue weighted by molar-refractivity contribution is 5.80. The number of anilines is 1. The van der Waals surface area contributed by atoms with Crippen molar-refractivity contribution in [3.05, 3.63) is 83.9 Å². The molecule has 208 valence electrons. The van der Waals surface area contributed by atoms with Crippen molar-refractivity contribution >= 4 is 11.6 Å². The van der Waals surface area contributed by atoms with Crippen molar-refractivity contribution in [1.82, 2.24) is 9.80 Å². The standard InChI is InChI=1S/C32H41N3O4/c1-23-19-35(24(2)22-36)32(37)18-26-17-27(33(3)4)13-16-30(26)39-31(23)21-34(5)20-25-11-14-29(15-12-25)38-28-9-7-6-8-10-28/h6-17,23-24,31,36H,18-22H2,1-5H3/t23-,24-,31-/m0/s1. The smallest absolute Gasteiger partial charge is 0.227 e. The monoisotopic (exact) mass is 531 g/mol. The molecule has 3 aromatic rings. The fourth-order valence-electron chi connectivity index (χ4n) is 4.88. The first kappa shape index (κ1) is 28.5. The Labute approximate surface area is 232 Å². The number of rotatable bonds is 9. The van der Waals surface area contributed by atoms with Crippen LogP contribution in [-0.2, 0) is 17.8 Å². The zero-order valence-corrected chi connectivity index (χ0v) is 23.7. The lowest BCUT2D eigenvalue weighted by Crippen LogP contribution is -2.47. The number of aliphatic hydroxyl groups is 1. The summed E-state index contributed by atoms with van der Waals surface area (Å²) in [6.07, 6.45) is 0.104. The average Bonchev–Trinajstić information content (AvgIpc) is 2.97. The second-order valence-electron chi connectivity index (χ2n) is 10.8. The third-order valence-electron chi connectivity index (χ3n) is 7.26. The molecule has 3 aromatic carbocycles. The van der Waals surface area contributed by atoms with Crippen LogP contribution in [0.1, 0.15) is 25.0 Å². The Balaban J connectivity index is 1.50. The van der Waals surface area contributed by atoms with Gasteiger partial charge in [-0.2, -0.15) is 0 Å². The number of hydrogen-bond acceptors (Lipinski definition) is 6. The molecule has 1 N–H and O–H groups in total. The van der Waals surface area contributed by atoms with Crippen LogP contribution in [0.3, 0.4) is 0 Å². The SMILES string of the molecule is C[C@H]1CN([C@@H](C)CO)C(=O)Cc2cc(N(C)C)ccc2O[C@H]1CN(C)Cc1ccc(Oc2ccccc2)cc1. The van der Waals surface area contributed by atoms with Crippen molar-refractivity contribution in [2.45, 2.75) is 39.0 Å². The molecule has 7 heteroatoms. The molecule has 0 saturated carbocycles. The Kier molecular flexibility index (Phi) is 9.49. The molecule has 1 aliphatic rings. The number of benzene rings is 3. The van der Waals surface area contributed by atoms with Crippen LogP contribution in [0, 0.1) is 5.92 Å². The molecule has 1 heterocycles. The van der Waals surface area contributed by atoms with E-state index >= 15 is 0 Å². The van der Waals surface area contributed by atoms with E-state index in [-0.39, 0.29) is 37.0 Å². The number of para-hydroxylation sites is 1. The summed E-state index contributed by atoms with van der Waals surface area (Å²) in [7, 11) is 6.06. The number of hydrogen-bond donors (Lipinski definition) is 1. The van der Waals surface area contributed by atoms with Gasteiger partial charge < -0.3 is 24.4 Å². The van der Waals surface area contributed by atoms with Gasteiger partial charge in [0.15, 0.2) is 0 Å². The Hall–Kier alpha value is -3.55. The van der Waals surface area contributed by atoms with Gasteiger partial charge in [0.2, 0.25) is 5.91 Å². The summed E-state index contributed by atoms with van der Waals surface area (Å²) in [5.74, 6) is 2.44. The van der Waals surface area contributed by atoms with Crippen LogP contribution in [0.4, 0.5) is 5.69 Å². The minimum atomic E-state index is -0.256. The third-order valence-corrected chi connectivity index (χ3v) is 7.26. The molecule has 39 heavy (non-hydrogen) atoms. The molecule has 1 amide bonds. The third kappa shape index (κ3) is 7.52. The topological polar surface area (TPSA) is 65.5 Å². The highest BCUT2D eigenvalue weighted by Crippen LogP contribution is 2.30. The molecule has 3 atom stereocenters.